The third kappa shape index (κ3) is 3.80. The molecule has 0 aliphatic carbocycles. The maximum absolute atomic E-state index is 11.8. The van der Waals surface area contributed by atoms with Crippen molar-refractivity contribution in [1.29, 1.82) is 0 Å². The van der Waals surface area contributed by atoms with Crippen LogP contribution in [0.4, 0.5) is 0 Å². The van der Waals surface area contributed by atoms with Gasteiger partial charge < -0.3 is 0 Å². The molecule has 0 radical (unpaired) electrons. The predicted octanol–water partition coefficient (Wildman–Crippen LogP) is 4.13. The Morgan fingerprint density at radius 2 is 2.11 bits per heavy atom. The van der Waals surface area contributed by atoms with E-state index in [0.29, 0.717) is 15.6 Å². The Morgan fingerprint density at radius 3 is 2.74 bits per heavy atom. The van der Waals surface area contributed by atoms with E-state index in [1.165, 1.54) is 10.9 Å². The first kappa shape index (κ1) is 14.1. The standard InChI is InChI=1S/C13H10Cl2N2OS/c1-8-2-4-10(19-8)7-16-17-13(18)11-5-3-9(14)6-12(11)15/h2-7H,1H3,(H,17,18)/b16-7+. The van der Waals surface area contributed by atoms with E-state index >= 15 is 0 Å². The van der Waals surface area contributed by atoms with Crippen molar-refractivity contribution in [1.82, 2.24) is 5.43 Å². The smallest absolute Gasteiger partial charge is 0.267 e. The maximum Gasteiger partial charge on any atom is 0.272 e. The molecule has 3 nitrogen and oxygen atoms in total. The second kappa shape index (κ2) is 6.19. The molecular weight excluding hydrogens is 303 g/mol. The summed E-state index contributed by atoms with van der Waals surface area (Å²) in [7, 11) is 0. The lowest BCUT2D eigenvalue weighted by Gasteiger charge is -2.02. The normalized spacial score (nSPS) is 10.9. The van der Waals surface area contributed by atoms with Gasteiger partial charge in [0.15, 0.2) is 0 Å². The molecule has 0 saturated heterocycles. The van der Waals surface area contributed by atoms with E-state index in [9.17, 15) is 4.79 Å². The van der Waals surface area contributed by atoms with Crippen LogP contribution < -0.4 is 5.43 Å². The fourth-order valence-corrected chi connectivity index (χ4v) is 2.65. The number of thiophene rings is 1. The molecule has 1 amide bonds. The van der Waals surface area contributed by atoms with E-state index in [1.807, 2.05) is 19.1 Å². The molecule has 98 valence electrons. The van der Waals surface area contributed by atoms with Gasteiger partial charge in [0, 0.05) is 14.8 Å². The summed E-state index contributed by atoms with van der Waals surface area (Å²) in [5.74, 6) is -0.369. The zero-order valence-electron chi connectivity index (χ0n) is 9.98. The van der Waals surface area contributed by atoms with E-state index in [2.05, 4.69) is 10.5 Å². The van der Waals surface area contributed by atoms with Crippen LogP contribution in [0.25, 0.3) is 0 Å². The Bertz CT molecular complexity index is 637. The monoisotopic (exact) mass is 312 g/mol. The van der Waals surface area contributed by atoms with Gasteiger partial charge in [-0.2, -0.15) is 5.10 Å². The molecule has 1 heterocycles. The summed E-state index contributed by atoms with van der Waals surface area (Å²) in [6.07, 6.45) is 1.60. The summed E-state index contributed by atoms with van der Waals surface area (Å²) in [5.41, 5.74) is 2.77. The highest BCUT2D eigenvalue weighted by molar-refractivity contribution is 7.13. The maximum atomic E-state index is 11.8. The summed E-state index contributed by atoms with van der Waals surface area (Å²) in [6.45, 7) is 2.01. The number of hydrazone groups is 1. The highest BCUT2D eigenvalue weighted by Crippen LogP contribution is 2.20. The van der Waals surface area contributed by atoms with E-state index < -0.39 is 0 Å². The first-order valence-electron chi connectivity index (χ1n) is 5.41. The molecule has 0 saturated carbocycles. The predicted molar refractivity (Wildman–Crippen MR) is 80.6 cm³/mol. The molecule has 0 atom stereocenters. The van der Waals surface area contributed by atoms with Gasteiger partial charge in [-0.3, -0.25) is 4.79 Å². The highest BCUT2D eigenvalue weighted by Gasteiger charge is 2.09. The fraction of sp³-hybridized carbons (Fsp3) is 0.0769. The number of rotatable bonds is 3. The molecule has 2 aromatic rings. The molecule has 1 aromatic carbocycles. The molecule has 6 heteroatoms. The molecule has 0 aliphatic heterocycles. The fourth-order valence-electron chi connectivity index (χ4n) is 1.41. The van der Waals surface area contributed by atoms with Crippen LogP contribution in [0.3, 0.4) is 0 Å². The van der Waals surface area contributed by atoms with Gasteiger partial charge in [-0.15, -0.1) is 11.3 Å². The second-order valence-electron chi connectivity index (χ2n) is 3.77. The molecule has 0 bridgehead atoms. The van der Waals surface area contributed by atoms with Crippen molar-refractivity contribution >= 4 is 46.7 Å². The molecule has 0 spiro atoms. The van der Waals surface area contributed by atoms with Crippen LogP contribution in [0.5, 0.6) is 0 Å². The first-order valence-corrected chi connectivity index (χ1v) is 6.98. The molecule has 0 fully saturated rings. The summed E-state index contributed by atoms with van der Waals surface area (Å²) in [5, 5.41) is 4.67. The molecule has 1 N–H and O–H groups in total. The quantitative estimate of drug-likeness (QED) is 0.672. The van der Waals surface area contributed by atoms with Gasteiger partial charge in [0.05, 0.1) is 16.8 Å². The lowest BCUT2D eigenvalue weighted by Crippen LogP contribution is -2.17. The van der Waals surface area contributed by atoms with Crippen LogP contribution in [-0.2, 0) is 0 Å². The molecule has 0 unspecified atom stereocenters. The second-order valence-corrected chi connectivity index (χ2v) is 5.93. The van der Waals surface area contributed by atoms with Gasteiger partial charge in [0.25, 0.3) is 5.91 Å². The average molecular weight is 313 g/mol. The summed E-state index contributed by atoms with van der Waals surface area (Å²) in [6, 6.07) is 8.61. The van der Waals surface area contributed by atoms with Gasteiger partial charge in [0.1, 0.15) is 0 Å². The van der Waals surface area contributed by atoms with Crippen LogP contribution in [0, 0.1) is 6.92 Å². The van der Waals surface area contributed by atoms with Crippen molar-refractivity contribution in [2.24, 2.45) is 5.10 Å². The average Bonchev–Trinajstić information content (AvgIpc) is 2.75. The number of carbonyl (C=O) groups is 1. The van der Waals surface area contributed by atoms with Crippen molar-refractivity contribution < 1.29 is 4.79 Å². The van der Waals surface area contributed by atoms with Gasteiger partial charge in [-0.25, -0.2) is 5.43 Å². The first-order chi connectivity index (χ1) is 9.06. The Balaban J connectivity index is 2.03. The minimum atomic E-state index is -0.369. The SMILES string of the molecule is Cc1ccc(/C=N/NC(=O)c2ccc(Cl)cc2Cl)s1. The number of nitrogens with one attached hydrogen (secondary N) is 1. The number of amides is 1. The van der Waals surface area contributed by atoms with Gasteiger partial charge in [0.2, 0.25) is 0 Å². The number of carbonyl (C=O) groups excluding carboxylic acids is 1. The number of benzene rings is 1. The van der Waals surface area contributed by atoms with Crippen LogP contribution in [-0.4, -0.2) is 12.1 Å². The van der Waals surface area contributed by atoms with Crippen LogP contribution in [0.15, 0.2) is 35.4 Å². The zero-order chi connectivity index (χ0) is 13.8. The molecule has 19 heavy (non-hydrogen) atoms. The van der Waals surface area contributed by atoms with Crippen LogP contribution in [0.2, 0.25) is 10.0 Å². The number of aryl methyl sites for hydroxylation is 1. The Morgan fingerprint density at radius 1 is 1.32 bits per heavy atom. The van der Waals surface area contributed by atoms with E-state index in [-0.39, 0.29) is 5.91 Å². The zero-order valence-corrected chi connectivity index (χ0v) is 12.3. The van der Waals surface area contributed by atoms with Gasteiger partial charge in [-0.1, -0.05) is 23.2 Å². The Labute approximate surface area is 124 Å². The van der Waals surface area contributed by atoms with Crippen LogP contribution >= 0.6 is 34.5 Å². The topological polar surface area (TPSA) is 41.5 Å². The highest BCUT2D eigenvalue weighted by atomic mass is 35.5. The van der Waals surface area contributed by atoms with Crippen molar-refractivity contribution in [3.8, 4) is 0 Å². The van der Waals surface area contributed by atoms with Crippen LogP contribution in [0.1, 0.15) is 20.1 Å². The minimum Gasteiger partial charge on any atom is -0.267 e. The number of hydrogen-bond acceptors (Lipinski definition) is 3. The Hall–Kier alpha value is -1.36. The lowest BCUT2D eigenvalue weighted by atomic mass is 10.2. The van der Waals surface area contributed by atoms with E-state index in [1.54, 1.807) is 29.7 Å². The molecule has 1 aromatic heterocycles. The van der Waals surface area contributed by atoms with E-state index in [0.717, 1.165) is 4.88 Å². The largest absolute Gasteiger partial charge is 0.272 e. The molecule has 2 rings (SSSR count). The summed E-state index contributed by atoms with van der Waals surface area (Å²) >= 11 is 13.3. The minimum absolute atomic E-state index is 0.298. The number of halogens is 2. The third-order valence-corrected chi connectivity index (χ3v) is 3.78. The number of hydrogen-bond donors (Lipinski definition) is 1. The van der Waals surface area contributed by atoms with Crippen molar-refractivity contribution in [3.05, 3.63) is 55.7 Å². The summed E-state index contributed by atoms with van der Waals surface area (Å²) < 4.78 is 0. The lowest BCUT2D eigenvalue weighted by molar-refractivity contribution is 0.0955. The summed E-state index contributed by atoms with van der Waals surface area (Å²) in [4.78, 5) is 14.0. The number of nitrogens with zero attached hydrogens (tertiary/aromatic N) is 1. The van der Waals surface area contributed by atoms with Crippen molar-refractivity contribution in [2.75, 3.05) is 0 Å². The van der Waals surface area contributed by atoms with Crippen molar-refractivity contribution in [2.45, 2.75) is 6.92 Å². The molecule has 0 aliphatic rings. The molecular formula is C13H10Cl2N2OS. The van der Waals surface area contributed by atoms with Gasteiger partial charge in [-0.05, 0) is 37.3 Å². The van der Waals surface area contributed by atoms with E-state index in [4.69, 9.17) is 23.2 Å². The third-order valence-electron chi connectivity index (χ3n) is 2.29. The van der Waals surface area contributed by atoms with Gasteiger partial charge >= 0.3 is 0 Å². The Kier molecular flexibility index (Phi) is 4.58. The van der Waals surface area contributed by atoms with Crippen molar-refractivity contribution in [3.63, 3.8) is 0 Å².